The van der Waals surface area contributed by atoms with E-state index in [2.05, 4.69) is 26.2 Å². The number of aliphatic hydroxyl groups is 1. The number of hydrogen-bond donors (Lipinski definition) is 2. The maximum Gasteiger partial charge on any atom is 0.408 e. The molecule has 0 unspecified atom stereocenters. The number of pyridine rings is 1. The Bertz CT molecular complexity index is 418. The zero-order chi connectivity index (χ0) is 13.8. The summed E-state index contributed by atoms with van der Waals surface area (Å²) in [5.41, 5.74) is 0.179. The fourth-order valence-corrected chi connectivity index (χ4v) is 1.87. The van der Waals surface area contributed by atoms with Crippen LogP contribution in [-0.2, 0) is 4.74 Å². The number of amides is 1. The van der Waals surface area contributed by atoms with Crippen molar-refractivity contribution in [2.75, 3.05) is 6.61 Å². The summed E-state index contributed by atoms with van der Waals surface area (Å²) in [6.45, 7) is 5.12. The number of rotatable bonds is 3. The van der Waals surface area contributed by atoms with E-state index in [1.54, 1.807) is 39.2 Å². The number of carbonyl (C=O) groups excluding carboxylic acids is 1. The van der Waals surface area contributed by atoms with Crippen molar-refractivity contribution in [1.82, 2.24) is 10.3 Å². The summed E-state index contributed by atoms with van der Waals surface area (Å²) >= 11 is 3.32. The predicted molar refractivity (Wildman–Crippen MR) is 71.1 cm³/mol. The molecule has 0 fully saturated rings. The zero-order valence-electron chi connectivity index (χ0n) is 10.6. The number of halogens is 1. The van der Waals surface area contributed by atoms with Crippen LogP contribution in [0.3, 0.4) is 0 Å². The fourth-order valence-electron chi connectivity index (χ4n) is 1.34. The monoisotopic (exact) mass is 316 g/mol. The largest absolute Gasteiger partial charge is 0.444 e. The Morgan fingerprint density at radius 2 is 2.28 bits per heavy atom. The summed E-state index contributed by atoms with van der Waals surface area (Å²) in [6, 6.07) is 1.19. The summed E-state index contributed by atoms with van der Waals surface area (Å²) in [7, 11) is 0. The molecule has 2 N–H and O–H groups in total. The van der Waals surface area contributed by atoms with Crippen LogP contribution in [0.1, 0.15) is 32.4 Å². The molecule has 1 heterocycles. The predicted octanol–water partition coefficient (Wildman–Crippen LogP) is 2.40. The Morgan fingerprint density at radius 1 is 1.61 bits per heavy atom. The minimum atomic E-state index is -0.570. The molecule has 1 amide bonds. The molecule has 0 aliphatic rings. The van der Waals surface area contributed by atoms with Crippen molar-refractivity contribution < 1.29 is 14.6 Å². The Labute approximate surface area is 115 Å². The third kappa shape index (κ3) is 4.62. The van der Waals surface area contributed by atoms with Crippen molar-refractivity contribution in [3.63, 3.8) is 0 Å². The van der Waals surface area contributed by atoms with Gasteiger partial charge in [-0.2, -0.15) is 0 Å². The number of nitrogens with one attached hydrogen (secondary N) is 1. The third-order valence-corrected chi connectivity index (χ3v) is 2.72. The third-order valence-electron chi connectivity index (χ3n) is 2.05. The van der Waals surface area contributed by atoms with Crippen molar-refractivity contribution >= 4 is 22.0 Å². The van der Waals surface area contributed by atoms with Crippen molar-refractivity contribution in [2.45, 2.75) is 32.4 Å². The van der Waals surface area contributed by atoms with Crippen LogP contribution in [0.25, 0.3) is 0 Å². The Morgan fingerprint density at radius 3 is 2.78 bits per heavy atom. The molecule has 1 rings (SSSR count). The van der Waals surface area contributed by atoms with Crippen LogP contribution in [0.2, 0.25) is 0 Å². The van der Waals surface area contributed by atoms with Gasteiger partial charge in [-0.3, -0.25) is 4.98 Å². The van der Waals surface area contributed by atoms with Gasteiger partial charge in [-0.25, -0.2) is 4.79 Å². The molecule has 6 heteroatoms. The number of carbonyl (C=O) groups is 1. The van der Waals surface area contributed by atoms with E-state index in [0.717, 1.165) is 10.0 Å². The average molecular weight is 317 g/mol. The van der Waals surface area contributed by atoms with E-state index >= 15 is 0 Å². The van der Waals surface area contributed by atoms with Crippen molar-refractivity contribution in [2.24, 2.45) is 0 Å². The molecule has 0 aromatic carbocycles. The minimum Gasteiger partial charge on any atom is -0.444 e. The maximum absolute atomic E-state index is 11.6. The highest BCUT2D eigenvalue weighted by Crippen LogP contribution is 2.22. The van der Waals surface area contributed by atoms with Gasteiger partial charge in [-0.05, 0) is 48.3 Å². The Hall–Kier alpha value is -1.14. The van der Waals surface area contributed by atoms with Gasteiger partial charge in [0, 0.05) is 16.9 Å². The van der Waals surface area contributed by atoms with Crippen LogP contribution in [0.5, 0.6) is 0 Å². The van der Waals surface area contributed by atoms with Gasteiger partial charge in [0.25, 0.3) is 0 Å². The molecule has 5 nitrogen and oxygen atoms in total. The van der Waals surface area contributed by atoms with Crippen molar-refractivity contribution in [1.29, 1.82) is 0 Å². The fraction of sp³-hybridized carbons (Fsp3) is 0.500. The first-order chi connectivity index (χ1) is 8.33. The van der Waals surface area contributed by atoms with E-state index in [0.29, 0.717) is 0 Å². The second-order valence-electron chi connectivity index (χ2n) is 4.78. The summed E-state index contributed by atoms with van der Waals surface area (Å²) in [5.74, 6) is 0. The van der Waals surface area contributed by atoms with E-state index in [1.807, 2.05) is 0 Å². The summed E-state index contributed by atoms with van der Waals surface area (Å²) in [5, 5.41) is 12.0. The molecule has 0 radical (unpaired) electrons. The van der Waals surface area contributed by atoms with Gasteiger partial charge in [0.05, 0.1) is 12.6 Å². The van der Waals surface area contributed by atoms with E-state index in [4.69, 9.17) is 4.74 Å². The van der Waals surface area contributed by atoms with Crippen molar-refractivity contribution in [3.8, 4) is 0 Å². The van der Waals surface area contributed by atoms with Crippen molar-refractivity contribution in [3.05, 3.63) is 28.5 Å². The topological polar surface area (TPSA) is 71.5 Å². The highest BCUT2D eigenvalue weighted by atomic mass is 79.9. The number of hydrogen-bond acceptors (Lipinski definition) is 4. The normalized spacial score (nSPS) is 12.9. The molecule has 0 saturated carbocycles. The summed E-state index contributed by atoms with van der Waals surface area (Å²) < 4.78 is 5.86. The molecule has 0 bridgehead atoms. The number of nitrogens with zero attached hydrogens (tertiary/aromatic N) is 1. The quantitative estimate of drug-likeness (QED) is 0.898. The second kappa shape index (κ2) is 6.15. The smallest absolute Gasteiger partial charge is 0.408 e. The first-order valence-corrected chi connectivity index (χ1v) is 6.32. The molecule has 0 spiro atoms. The van der Waals surface area contributed by atoms with Gasteiger partial charge in [-0.15, -0.1) is 0 Å². The SMILES string of the molecule is CC(C)(C)OC(=O)N[C@H](CO)c1ccncc1Br. The molecular formula is C12H17BrN2O3. The highest BCUT2D eigenvalue weighted by Gasteiger charge is 2.21. The molecule has 0 saturated heterocycles. The molecule has 0 aliphatic heterocycles. The van der Waals surface area contributed by atoms with Crippen LogP contribution >= 0.6 is 15.9 Å². The molecule has 18 heavy (non-hydrogen) atoms. The number of ether oxygens (including phenoxy) is 1. The molecule has 1 aromatic rings. The standard InChI is InChI=1S/C12H17BrN2O3/c1-12(2,3)18-11(17)15-10(7-16)8-4-5-14-6-9(8)13/h4-6,10,16H,7H2,1-3H3,(H,15,17)/t10-/m1/s1. The first kappa shape index (κ1) is 14.9. The molecular weight excluding hydrogens is 300 g/mol. The van der Waals surface area contributed by atoms with E-state index in [1.165, 1.54) is 0 Å². The molecule has 100 valence electrons. The van der Waals surface area contributed by atoms with Gasteiger partial charge < -0.3 is 15.2 Å². The zero-order valence-corrected chi connectivity index (χ0v) is 12.2. The van der Waals surface area contributed by atoms with Gasteiger partial charge in [0.1, 0.15) is 5.60 Å². The van der Waals surface area contributed by atoms with Gasteiger partial charge in [-0.1, -0.05) is 0 Å². The first-order valence-electron chi connectivity index (χ1n) is 5.53. The number of aliphatic hydroxyl groups excluding tert-OH is 1. The summed E-state index contributed by atoms with van der Waals surface area (Å²) in [6.07, 6.45) is 2.64. The van der Waals surface area contributed by atoms with E-state index in [9.17, 15) is 9.90 Å². The molecule has 0 aliphatic carbocycles. The molecule has 1 atom stereocenters. The van der Waals surface area contributed by atoms with Crippen LogP contribution in [0.15, 0.2) is 22.9 Å². The lowest BCUT2D eigenvalue weighted by Gasteiger charge is -2.23. The Kier molecular flexibility index (Phi) is 5.10. The summed E-state index contributed by atoms with van der Waals surface area (Å²) in [4.78, 5) is 15.6. The lowest BCUT2D eigenvalue weighted by molar-refractivity contribution is 0.0481. The average Bonchev–Trinajstić information content (AvgIpc) is 2.24. The number of aromatic nitrogens is 1. The van der Waals surface area contributed by atoms with Gasteiger partial charge >= 0.3 is 6.09 Å². The maximum atomic E-state index is 11.6. The van der Waals surface area contributed by atoms with E-state index < -0.39 is 17.7 Å². The lowest BCUT2D eigenvalue weighted by Crippen LogP contribution is -2.36. The minimum absolute atomic E-state index is 0.220. The second-order valence-corrected chi connectivity index (χ2v) is 5.63. The highest BCUT2D eigenvalue weighted by molar-refractivity contribution is 9.10. The Balaban J connectivity index is 2.74. The number of alkyl carbamates (subject to hydrolysis) is 1. The lowest BCUT2D eigenvalue weighted by atomic mass is 10.1. The van der Waals surface area contributed by atoms with Crippen LogP contribution in [-0.4, -0.2) is 28.4 Å². The van der Waals surface area contributed by atoms with Crippen LogP contribution in [0.4, 0.5) is 4.79 Å². The van der Waals surface area contributed by atoms with Crippen LogP contribution < -0.4 is 5.32 Å². The molecule has 1 aromatic heterocycles. The van der Waals surface area contributed by atoms with Gasteiger partial charge in [0.2, 0.25) is 0 Å². The van der Waals surface area contributed by atoms with E-state index in [-0.39, 0.29) is 6.61 Å². The van der Waals surface area contributed by atoms with Crippen LogP contribution in [0, 0.1) is 0 Å². The van der Waals surface area contributed by atoms with Gasteiger partial charge in [0.15, 0.2) is 0 Å².